The summed E-state index contributed by atoms with van der Waals surface area (Å²) in [6.07, 6.45) is -3.21. The van der Waals surface area contributed by atoms with E-state index < -0.39 is 23.3 Å². The fourth-order valence-corrected chi connectivity index (χ4v) is 2.57. The maximum Gasteiger partial charge on any atom is 0.418 e. The van der Waals surface area contributed by atoms with Crippen LogP contribution in [0.3, 0.4) is 0 Å². The van der Waals surface area contributed by atoms with Crippen molar-refractivity contribution in [2.45, 2.75) is 19.0 Å². The molecule has 0 heterocycles. The number of hydrogen-bond acceptors (Lipinski definition) is 2. The zero-order valence-electron chi connectivity index (χ0n) is 13.4. The Bertz CT molecular complexity index is 864. The second-order valence-corrected chi connectivity index (χ2v) is 6.42. The van der Waals surface area contributed by atoms with Crippen LogP contribution in [0.2, 0.25) is 5.02 Å². The van der Waals surface area contributed by atoms with Crippen LogP contribution < -0.4 is 10.6 Å². The molecule has 2 aromatic rings. The third-order valence-electron chi connectivity index (χ3n) is 3.88. The summed E-state index contributed by atoms with van der Waals surface area (Å²) in [6, 6.07) is 9.13. The molecule has 8 heteroatoms. The van der Waals surface area contributed by atoms with Crippen molar-refractivity contribution in [3.63, 3.8) is 0 Å². The van der Waals surface area contributed by atoms with Gasteiger partial charge in [0, 0.05) is 22.2 Å². The number of rotatable bonds is 4. The summed E-state index contributed by atoms with van der Waals surface area (Å²) in [6.45, 7) is 0. The lowest BCUT2D eigenvalue weighted by atomic mass is 10.1. The van der Waals surface area contributed by atoms with Crippen molar-refractivity contribution in [1.82, 2.24) is 0 Å². The minimum absolute atomic E-state index is 0.0370. The first-order valence-corrected chi connectivity index (χ1v) is 8.21. The Hall–Kier alpha value is -2.54. The lowest BCUT2D eigenvalue weighted by molar-refractivity contribution is -0.137. The third kappa shape index (κ3) is 4.35. The van der Waals surface area contributed by atoms with E-state index in [1.54, 1.807) is 6.07 Å². The largest absolute Gasteiger partial charge is 0.418 e. The van der Waals surface area contributed by atoms with Gasteiger partial charge in [0.2, 0.25) is 5.91 Å². The van der Waals surface area contributed by atoms with Gasteiger partial charge in [-0.3, -0.25) is 9.59 Å². The van der Waals surface area contributed by atoms with Crippen LogP contribution in [0.25, 0.3) is 0 Å². The molecule has 1 aliphatic carbocycles. The van der Waals surface area contributed by atoms with E-state index >= 15 is 0 Å². The molecule has 4 nitrogen and oxygen atoms in total. The Morgan fingerprint density at radius 3 is 2.38 bits per heavy atom. The number of hydrogen-bond donors (Lipinski definition) is 2. The molecule has 0 spiro atoms. The number of carbonyl (C=O) groups excluding carboxylic acids is 2. The SMILES string of the molecule is O=C(Nc1ccc(NC(=O)C2CC2)cc1C(F)(F)F)c1cccc(Cl)c1. The fraction of sp³-hybridized carbons (Fsp3) is 0.222. The molecule has 0 unspecified atom stereocenters. The first-order valence-electron chi connectivity index (χ1n) is 7.83. The number of amides is 2. The molecule has 3 rings (SSSR count). The molecular weight excluding hydrogens is 369 g/mol. The molecule has 26 heavy (non-hydrogen) atoms. The topological polar surface area (TPSA) is 58.2 Å². The summed E-state index contributed by atoms with van der Waals surface area (Å²) >= 11 is 5.80. The normalized spacial score (nSPS) is 14.0. The Balaban J connectivity index is 1.85. The van der Waals surface area contributed by atoms with Gasteiger partial charge in [-0.1, -0.05) is 17.7 Å². The van der Waals surface area contributed by atoms with Gasteiger partial charge < -0.3 is 10.6 Å². The molecular formula is C18H14ClF3N2O2. The summed E-state index contributed by atoms with van der Waals surface area (Å²) in [4.78, 5) is 23.9. The molecule has 2 aromatic carbocycles. The minimum Gasteiger partial charge on any atom is -0.326 e. The molecule has 1 fully saturated rings. The van der Waals surface area contributed by atoms with E-state index in [9.17, 15) is 22.8 Å². The van der Waals surface area contributed by atoms with Crippen LogP contribution in [0.15, 0.2) is 42.5 Å². The highest BCUT2D eigenvalue weighted by molar-refractivity contribution is 6.31. The van der Waals surface area contributed by atoms with E-state index in [0.717, 1.165) is 25.0 Å². The zero-order valence-corrected chi connectivity index (χ0v) is 14.1. The van der Waals surface area contributed by atoms with Crippen molar-refractivity contribution in [2.75, 3.05) is 10.6 Å². The highest BCUT2D eigenvalue weighted by Crippen LogP contribution is 2.37. The van der Waals surface area contributed by atoms with Crippen molar-refractivity contribution in [2.24, 2.45) is 5.92 Å². The van der Waals surface area contributed by atoms with Gasteiger partial charge in [-0.05, 0) is 49.2 Å². The van der Waals surface area contributed by atoms with Crippen LogP contribution in [-0.4, -0.2) is 11.8 Å². The highest BCUT2D eigenvalue weighted by Gasteiger charge is 2.35. The minimum atomic E-state index is -4.70. The quantitative estimate of drug-likeness (QED) is 0.785. The van der Waals surface area contributed by atoms with E-state index in [4.69, 9.17) is 11.6 Å². The average Bonchev–Trinajstić information content (AvgIpc) is 3.40. The smallest absolute Gasteiger partial charge is 0.326 e. The van der Waals surface area contributed by atoms with E-state index in [2.05, 4.69) is 10.6 Å². The number of alkyl halides is 3. The summed E-state index contributed by atoms with van der Waals surface area (Å²) in [5, 5.41) is 5.01. The molecule has 0 bridgehead atoms. The number of carbonyl (C=O) groups is 2. The van der Waals surface area contributed by atoms with E-state index in [0.29, 0.717) is 5.02 Å². The third-order valence-corrected chi connectivity index (χ3v) is 4.11. The summed E-state index contributed by atoms with van der Waals surface area (Å²) in [5.41, 5.74) is -1.26. The number of halogens is 4. The van der Waals surface area contributed by atoms with Crippen LogP contribution in [0.4, 0.5) is 24.5 Å². The molecule has 1 saturated carbocycles. The molecule has 136 valence electrons. The van der Waals surface area contributed by atoms with Gasteiger partial charge in [-0.15, -0.1) is 0 Å². The number of nitrogens with one attached hydrogen (secondary N) is 2. The second-order valence-electron chi connectivity index (χ2n) is 5.99. The van der Waals surface area contributed by atoms with E-state index in [-0.39, 0.29) is 23.1 Å². The van der Waals surface area contributed by atoms with Crippen LogP contribution >= 0.6 is 11.6 Å². The molecule has 1 aliphatic rings. The van der Waals surface area contributed by atoms with Crippen molar-refractivity contribution in [1.29, 1.82) is 0 Å². The molecule has 0 saturated heterocycles. The van der Waals surface area contributed by atoms with Crippen molar-refractivity contribution in [3.05, 3.63) is 58.6 Å². The predicted molar refractivity (Wildman–Crippen MR) is 92.2 cm³/mol. The van der Waals surface area contributed by atoms with Gasteiger partial charge in [0.1, 0.15) is 0 Å². The van der Waals surface area contributed by atoms with Crippen molar-refractivity contribution in [3.8, 4) is 0 Å². The molecule has 2 amide bonds. The first-order chi connectivity index (χ1) is 12.2. The van der Waals surface area contributed by atoms with Crippen molar-refractivity contribution >= 4 is 34.8 Å². The lowest BCUT2D eigenvalue weighted by Crippen LogP contribution is -2.18. The van der Waals surface area contributed by atoms with E-state index in [1.807, 2.05) is 0 Å². The maximum absolute atomic E-state index is 13.4. The Morgan fingerprint density at radius 2 is 1.77 bits per heavy atom. The molecule has 2 N–H and O–H groups in total. The highest BCUT2D eigenvalue weighted by atomic mass is 35.5. The monoisotopic (exact) mass is 382 g/mol. The van der Waals surface area contributed by atoms with E-state index in [1.165, 1.54) is 24.3 Å². The maximum atomic E-state index is 13.4. The van der Waals surface area contributed by atoms with Gasteiger partial charge in [0.15, 0.2) is 0 Å². The van der Waals surface area contributed by atoms with Crippen molar-refractivity contribution < 1.29 is 22.8 Å². The Morgan fingerprint density at radius 1 is 1.04 bits per heavy atom. The number of benzene rings is 2. The fourth-order valence-electron chi connectivity index (χ4n) is 2.38. The lowest BCUT2D eigenvalue weighted by Gasteiger charge is -2.16. The summed E-state index contributed by atoms with van der Waals surface area (Å²) in [5.74, 6) is -1.15. The Labute approximate surface area is 152 Å². The van der Waals surface area contributed by atoms with Gasteiger partial charge >= 0.3 is 6.18 Å². The molecule has 0 aliphatic heterocycles. The standard InChI is InChI=1S/C18H14ClF3N2O2/c19-12-3-1-2-11(8-12)17(26)24-15-7-6-13(9-14(15)18(20,21)22)23-16(25)10-4-5-10/h1-3,6-10H,4-5H2,(H,23,25)(H,24,26). The predicted octanol–water partition coefficient (Wildman–Crippen LogP) is 4.96. The van der Waals surface area contributed by atoms with Crippen LogP contribution in [0, 0.1) is 5.92 Å². The molecule has 0 aromatic heterocycles. The van der Waals surface area contributed by atoms with Gasteiger partial charge in [-0.2, -0.15) is 13.2 Å². The first kappa shape index (κ1) is 18.3. The zero-order chi connectivity index (χ0) is 18.9. The van der Waals surface area contributed by atoms with Crippen LogP contribution in [0.1, 0.15) is 28.8 Å². The number of anilines is 2. The molecule has 0 radical (unpaired) electrons. The van der Waals surface area contributed by atoms with Crippen LogP contribution in [-0.2, 0) is 11.0 Å². The van der Waals surface area contributed by atoms with Crippen LogP contribution in [0.5, 0.6) is 0 Å². The Kier molecular flexibility index (Phi) is 4.91. The van der Waals surface area contributed by atoms with Gasteiger partial charge in [-0.25, -0.2) is 0 Å². The molecule has 0 atom stereocenters. The average molecular weight is 383 g/mol. The second kappa shape index (κ2) is 6.99. The van der Waals surface area contributed by atoms with Gasteiger partial charge in [0.25, 0.3) is 5.91 Å². The summed E-state index contributed by atoms with van der Waals surface area (Å²) < 4.78 is 40.1. The summed E-state index contributed by atoms with van der Waals surface area (Å²) in [7, 11) is 0. The van der Waals surface area contributed by atoms with Gasteiger partial charge in [0.05, 0.1) is 11.3 Å².